The normalized spacial score (nSPS) is 16.5. The molecule has 0 saturated carbocycles. The molecular weight excluding hydrogens is 460 g/mol. The summed E-state index contributed by atoms with van der Waals surface area (Å²) in [5, 5.41) is 14.2. The molecule has 0 bridgehead atoms. The summed E-state index contributed by atoms with van der Waals surface area (Å²) in [6.45, 7) is 5.32. The van der Waals surface area contributed by atoms with E-state index in [0.29, 0.717) is 30.0 Å². The zero-order chi connectivity index (χ0) is 25.6. The number of pyridine rings is 1. The van der Waals surface area contributed by atoms with Gasteiger partial charge in [0.2, 0.25) is 5.95 Å². The van der Waals surface area contributed by atoms with Gasteiger partial charge < -0.3 is 15.7 Å². The first-order valence-electron chi connectivity index (χ1n) is 11.7. The van der Waals surface area contributed by atoms with E-state index in [1.54, 1.807) is 0 Å². The van der Waals surface area contributed by atoms with Gasteiger partial charge >= 0.3 is 11.8 Å². The number of nitrogens with two attached hydrogens (primary N) is 1. The molecule has 3 aromatic heterocycles. The van der Waals surface area contributed by atoms with Gasteiger partial charge in [0.1, 0.15) is 0 Å². The van der Waals surface area contributed by atoms with Crippen molar-refractivity contribution in [3.8, 4) is 22.4 Å². The van der Waals surface area contributed by atoms with Crippen LogP contribution in [-0.2, 0) is 6.54 Å². The number of piperazine rings is 1. The number of amides is 1. The summed E-state index contributed by atoms with van der Waals surface area (Å²) < 4.78 is 2.68. The fourth-order valence-corrected chi connectivity index (χ4v) is 4.79. The van der Waals surface area contributed by atoms with Crippen molar-refractivity contribution in [3.05, 3.63) is 64.3 Å². The second-order valence-corrected chi connectivity index (χ2v) is 9.18. The molecule has 36 heavy (non-hydrogen) atoms. The van der Waals surface area contributed by atoms with Gasteiger partial charge in [-0.05, 0) is 38.6 Å². The van der Waals surface area contributed by atoms with Crippen LogP contribution in [0.5, 0.6) is 0 Å². The number of nitrogens with zero attached hydrogens (tertiary/aromatic N) is 7. The molecule has 1 aliphatic heterocycles. The monoisotopic (exact) mass is 488 g/mol. The van der Waals surface area contributed by atoms with E-state index in [4.69, 9.17) is 10.8 Å². The van der Waals surface area contributed by atoms with Crippen molar-refractivity contribution in [2.24, 2.45) is 0 Å². The van der Waals surface area contributed by atoms with Crippen molar-refractivity contribution in [3.63, 3.8) is 0 Å². The minimum atomic E-state index is -0.970. The van der Waals surface area contributed by atoms with E-state index in [9.17, 15) is 14.7 Å². The fraction of sp³-hybridized carbons (Fsp3) is 0.320. The molecule has 1 saturated heterocycles. The summed E-state index contributed by atoms with van der Waals surface area (Å²) >= 11 is 0. The Balaban J connectivity index is 1.71. The Kier molecular flexibility index (Phi) is 5.92. The largest absolute Gasteiger partial charge is 0.465 e. The summed E-state index contributed by atoms with van der Waals surface area (Å²) in [7, 11) is 1.92. The SMILES string of the molecule is Cc1cc(-c2c(-c3ccccc3)nc(N)n3c(=O)n(CC4CN(C(=O)O)CCN4C)nc23)cc(C)n1. The highest BCUT2D eigenvalue weighted by molar-refractivity contribution is 5.90. The van der Waals surface area contributed by atoms with Crippen LogP contribution in [0, 0.1) is 13.8 Å². The zero-order valence-corrected chi connectivity index (χ0v) is 20.4. The number of nitrogen functional groups attached to an aromatic ring is 1. The maximum Gasteiger partial charge on any atom is 0.407 e. The van der Waals surface area contributed by atoms with E-state index in [1.165, 1.54) is 14.0 Å². The second kappa shape index (κ2) is 9.08. The average molecular weight is 489 g/mol. The first kappa shape index (κ1) is 23.5. The highest BCUT2D eigenvalue weighted by Gasteiger charge is 2.29. The van der Waals surface area contributed by atoms with Crippen molar-refractivity contribution >= 4 is 17.7 Å². The number of aryl methyl sites for hydroxylation is 2. The van der Waals surface area contributed by atoms with Gasteiger partial charge in [-0.25, -0.2) is 23.7 Å². The number of carbonyl (C=O) groups is 1. The molecule has 186 valence electrons. The summed E-state index contributed by atoms with van der Waals surface area (Å²) in [5.41, 5.74) is 11.0. The van der Waals surface area contributed by atoms with Gasteiger partial charge in [-0.3, -0.25) is 9.88 Å². The molecule has 4 aromatic rings. The maximum absolute atomic E-state index is 13.5. The Labute approximate surface area is 207 Å². The summed E-state index contributed by atoms with van der Waals surface area (Å²) in [5.74, 6) is 0.0375. The third-order valence-electron chi connectivity index (χ3n) is 6.60. The molecule has 4 heterocycles. The van der Waals surface area contributed by atoms with E-state index in [2.05, 4.69) is 9.97 Å². The number of hydrogen-bond donors (Lipinski definition) is 2. The predicted molar refractivity (Wildman–Crippen MR) is 136 cm³/mol. The van der Waals surface area contributed by atoms with Crippen molar-refractivity contribution in [2.75, 3.05) is 32.4 Å². The molecule has 11 heteroatoms. The zero-order valence-electron chi connectivity index (χ0n) is 20.4. The lowest BCUT2D eigenvalue weighted by atomic mass is 9.99. The van der Waals surface area contributed by atoms with Crippen LogP contribution < -0.4 is 11.4 Å². The third-order valence-corrected chi connectivity index (χ3v) is 6.60. The lowest BCUT2D eigenvalue weighted by Gasteiger charge is -2.37. The highest BCUT2D eigenvalue weighted by atomic mass is 16.4. The van der Waals surface area contributed by atoms with E-state index in [0.717, 1.165) is 22.5 Å². The van der Waals surface area contributed by atoms with Gasteiger partial charge in [0, 0.05) is 42.6 Å². The lowest BCUT2D eigenvalue weighted by Crippen LogP contribution is -2.55. The van der Waals surface area contributed by atoms with Crippen molar-refractivity contribution < 1.29 is 9.90 Å². The number of aromatic nitrogens is 5. The van der Waals surface area contributed by atoms with Crippen molar-refractivity contribution in [1.29, 1.82) is 0 Å². The third kappa shape index (κ3) is 4.17. The van der Waals surface area contributed by atoms with Crippen LogP contribution in [0.2, 0.25) is 0 Å². The summed E-state index contributed by atoms with van der Waals surface area (Å²) in [6.07, 6.45) is -0.970. The first-order valence-corrected chi connectivity index (χ1v) is 11.7. The van der Waals surface area contributed by atoms with Gasteiger partial charge in [-0.15, -0.1) is 5.10 Å². The Bertz CT molecular complexity index is 1490. The van der Waals surface area contributed by atoms with Gasteiger partial charge in [-0.2, -0.15) is 0 Å². The number of hydrogen-bond acceptors (Lipinski definition) is 7. The molecule has 0 aliphatic carbocycles. The lowest BCUT2D eigenvalue weighted by molar-refractivity contribution is 0.0748. The molecule has 0 spiro atoms. The Morgan fingerprint density at radius 3 is 2.44 bits per heavy atom. The van der Waals surface area contributed by atoms with Crippen molar-refractivity contribution in [1.82, 2.24) is 33.9 Å². The maximum atomic E-state index is 13.5. The minimum Gasteiger partial charge on any atom is -0.465 e. The number of benzene rings is 1. The minimum absolute atomic E-state index is 0.0375. The predicted octanol–water partition coefficient (Wildman–Crippen LogP) is 2.11. The van der Waals surface area contributed by atoms with E-state index >= 15 is 0 Å². The first-order chi connectivity index (χ1) is 17.2. The average Bonchev–Trinajstić information content (AvgIpc) is 3.16. The Morgan fingerprint density at radius 2 is 1.78 bits per heavy atom. The number of likely N-dealkylation sites (N-methyl/N-ethyl adjacent to an activating group) is 1. The molecule has 1 aliphatic rings. The van der Waals surface area contributed by atoms with Crippen LogP contribution >= 0.6 is 0 Å². The van der Waals surface area contributed by atoms with Crippen LogP contribution in [0.25, 0.3) is 28.0 Å². The number of anilines is 1. The molecular formula is C25H28N8O3. The van der Waals surface area contributed by atoms with Crippen LogP contribution in [0.15, 0.2) is 47.3 Å². The second-order valence-electron chi connectivity index (χ2n) is 9.18. The van der Waals surface area contributed by atoms with E-state index in [-0.39, 0.29) is 25.1 Å². The highest BCUT2D eigenvalue weighted by Crippen LogP contribution is 2.34. The van der Waals surface area contributed by atoms with Gasteiger partial charge in [0.25, 0.3) is 0 Å². The molecule has 1 fully saturated rings. The molecule has 1 aromatic carbocycles. The van der Waals surface area contributed by atoms with Crippen LogP contribution in [-0.4, -0.2) is 77.9 Å². The van der Waals surface area contributed by atoms with E-state index in [1.807, 2.05) is 68.3 Å². The molecule has 1 amide bonds. The smallest absolute Gasteiger partial charge is 0.407 e. The van der Waals surface area contributed by atoms with Crippen LogP contribution in [0.1, 0.15) is 11.4 Å². The topological polar surface area (TPSA) is 135 Å². The molecule has 11 nitrogen and oxygen atoms in total. The standard InChI is InChI=1S/C25H28N8O3/c1-15-11-18(12-16(2)27-15)20-21(17-7-5-4-6-8-17)28-23(26)33-22(20)29-32(24(33)34)14-19-13-31(25(35)36)10-9-30(19)3/h4-8,11-12,19H,9-10,13-14H2,1-3H3,(H2,26,28)(H,35,36). The van der Waals surface area contributed by atoms with Crippen LogP contribution in [0.4, 0.5) is 10.7 Å². The number of fused-ring (bicyclic) bond motifs is 1. The van der Waals surface area contributed by atoms with Crippen LogP contribution in [0.3, 0.4) is 0 Å². The molecule has 0 radical (unpaired) electrons. The van der Waals surface area contributed by atoms with E-state index < -0.39 is 11.8 Å². The number of carboxylic acid groups (broad SMARTS) is 1. The quantitative estimate of drug-likeness (QED) is 0.446. The molecule has 3 N–H and O–H groups in total. The molecule has 5 rings (SSSR count). The molecule has 1 atom stereocenters. The van der Waals surface area contributed by atoms with Gasteiger partial charge in [-0.1, -0.05) is 30.3 Å². The summed E-state index contributed by atoms with van der Waals surface area (Å²) in [6, 6.07) is 13.3. The van der Waals surface area contributed by atoms with Crippen molar-refractivity contribution in [2.45, 2.75) is 26.4 Å². The molecule has 1 unspecified atom stereocenters. The summed E-state index contributed by atoms with van der Waals surface area (Å²) in [4.78, 5) is 37.6. The Hall–Kier alpha value is -4.25. The fourth-order valence-electron chi connectivity index (χ4n) is 4.79. The Morgan fingerprint density at radius 1 is 1.08 bits per heavy atom. The van der Waals surface area contributed by atoms with Gasteiger partial charge in [0.05, 0.1) is 17.8 Å². The number of rotatable bonds is 4. The van der Waals surface area contributed by atoms with Gasteiger partial charge in [0.15, 0.2) is 5.65 Å².